The first-order valence-corrected chi connectivity index (χ1v) is 11.5. The number of carbonyl (C=O) groups excluding carboxylic acids is 2. The molecule has 4 aromatic rings. The fraction of sp³-hybridized carbons (Fsp3) is 0.182. The lowest BCUT2D eigenvalue weighted by atomic mass is 10.0. The average molecular weight is 590 g/mol. The lowest BCUT2D eigenvalue weighted by Gasteiger charge is -2.13. The monoisotopic (exact) mass is 590 g/mol. The van der Waals surface area contributed by atoms with Gasteiger partial charge in [-0.25, -0.2) is 9.37 Å². The Morgan fingerprint density at radius 3 is 2.25 bits per heavy atom. The van der Waals surface area contributed by atoms with E-state index in [0.717, 1.165) is 31.2 Å². The number of fused-ring (bicyclic) bond motifs is 1. The number of nitrogens with zero attached hydrogens (tertiary/aromatic N) is 4. The average Bonchev–Trinajstić information content (AvgIpc) is 3.36. The number of nitrogens with one attached hydrogen (secondary N) is 1. The summed E-state index contributed by atoms with van der Waals surface area (Å²) in [5.74, 6) is -3.03. The van der Waals surface area contributed by atoms with Crippen LogP contribution < -0.4 is 11.1 Å². The Labute approximate surface area is 221 Å². The van der Waals surface area contributed by atoms with Crippen LogP contribution in [0.25, 0.3) is 21.3 Å². The highest BCUT2D eigenvalue weighted by atomic mass is 32.1. The van der Waals surface area contributed by atoms with Crippen molar-refractivity contribution in [1.29, 1.82) is 0 Å². The lowest BCUT2D eigenvalue weighted by Crippen LogP contribution is -2.22. The van der Waals surface area contributed by atoms with Gasteiger partial charge in [-0.2, -0.15) is 31.4 Å². The second kappa shape index (κ2) is 9.85. The summed E-state index contributed by atoms with van der Waals surface area (Å²) in [5.41, 5.74) is -0.414. The van der Waals surface area contributed by atoms with Crippen LogP contribution in [-0.4, -0.2) is 31.5 Å². The molecular formula is C22H13F7N6O4S. The maximum Gasteiger partial charge on any atom is 0.442 e. The Balaban J connectivity index is 1.86. The Morgan fingerprint density at radius 2 is 1.75 bits per heavy atom. The largest absolute Gasteiger partial charge is 0.442 e. The Kier molecular flexibility index (Phi) is 6.99. The van der Waals surface area contributed by atoms with E-state index < -0.39 is 74.8 Å². The highest BCUT2D eigenvalue weighted by Crippen LogP contribution is 2.44. The topological polar surface area (TPSA) is 146 Å². The van der Waals surface area contributed by atoms with Gasteiger partial charge in [-0.3, -0.25) is 24.4 Å². The van der Waals surface area contributed by atoms with Gasteiger partial charge in [0.2, 0.25) is 11.6 Å². The summed E-state index contributed by atoms with van der Waals surface area (Å²) in [4.78, 5) is 37.6. The van der Waals surface area contributed by atoms with Crippen LogP contribution in [0.1, 0.15) is 26.8 Å². The van der Waals surface area contributed by atoms with E-state index in [-0.39, 0.29) is 21.3 Å². The summed E-state index contributed by atoms with van der Waals surface area (Å²) in [6.45, 7) is -0.0874. The summed E-state index contributed by atoms with van der Waals surface area (Å²) in [6.07, 6.45) is -10.2. The van der Waals surface area contributed by atoms with Crippen LogP contribution in [-0.2, 0) is 23.7 Å². The summed E-state index contributed by atoms with van der Waals surface area (Å²) < 4.78 is 94.5. The second-order valence-electron chi connectivity index (χ2n) is 8.15. The van der Waals surface area contributed by atoms with Crippen molar-refractivity contribution in [3.63, 3.8) is 0 Å². The van der Waals surface area contributed by atoms with Crippen LogP contribution in [0.15, 0.2) is 30.3 Å². The molecule has 18 heteroatoms. The standard InChI is InChI=1S/C22H13F7N6O4S/c1-8-16(35(38)39)18(22(27,28)29)33-34(8)7-13(36)32-15-14-11(9-2-4-10(23)5-3-9)6-12(21(24,25)26)31-20(14)40-17(15)19(30)37/h2-6H,7H2,1H3,(H2,30,37)(H,32,36). The number of thiophene rings is 1. The smallest absolute Gasteiger partial charge is 0.365 e. The molecule has 3 heterocycles. The molecule has 0 fully saturated rings. The Bertz CT molecular complexity index is 1680. The number of carbonyl (C=O) groups is 2. The van der Waals surface area contributed by atoms with E-state index in [0.29, 0.717) is 22.1 Å². The quantitative estimate of drug-likeness (QED) is 0.177. The highest BCUT2D eigenvalue weighted by molar-refractivity contribution is 7.21. The van der Waals surface area contributed by atoms with Crippen molar-refractivity contribution < 1.29 is 45.2 Å². The highest BCUT2D eigenvalue weighted by Gasteiger charge is 2.44. The first-order chi connectivity index (χ1) is 18.5. The number of halogens is 7. The number of nitrogens with two attached hydrogens (primary N) is 1. The van der Waals surface area contributed by atoms with E-state index in [1.165, 1.54) is 0 Å². The summed E-state index contributed by atoms with van der Waals surface area (Å²) in [5, 5.41) is 16.4. The van der Waals surface area contributed by atoms with Crippen molar-refractivity contribution >= 4 is 44.7 Å². The number of hydrogen-bond donors (Lipinski definition) is 2. The number of alkyl halides is 6. The van der Waals surface area contributed by atoms with Gasteiger partial charge in [0.05, 0.1) is 10.6 Å². The molecule has 0 aliphatic carbocycles. The molecule has 0 bridgehead atoms. The van der Waals surface area contributed by atoms with Crippen LogP contribution >= 0.6 is 11.3 Å². The molecule has 0 spiro atoms. The molecule has 3 N–H and O–H groups in total. The third kappa shape index (κ3) is 5.29. The molecule has 0 atom stereocenters. The minimum atomic E-state index is -5.22. The Morgan fingerprint density at radius 1 is 1.12 bits per heavy atom. The maximum absolute atomic E-state index is 13.6. The van der Waals surface area contributed by atoms with Gasteiger partial charge in [-0.15, -0.1) is 11.3 Å². The van der Waals surface area contributed by atoms with E-state index in [1.807, 2.05) is 0 Å². The number of aromatic nitrogens is 3. The fourth-order valence-corrected chi connectivity index (χ4v) is 4.82. The number of hydrogen-bond acceptors (Lipinski definition) is 7. The van der Waals surface area contributed by atoms with E-state index in [1.54, 1.807) is 0 Å². The van der Waals surface area contributed by atoms with Crippen LogP contribution in [0.3, 0.4) is 0 Å². The van der Waals surface area contributed by atoms with Crippen LogP contribution in [0.4, 0.5) is 42.1 Å². The van der Waals surface area contributed by atoms with Gasteiger partial charge in [0.15, 0.2) is 0 Å². The predicted molar refractivity (Wildman–Crippen MR) is 126 cm³/mol. The van der Waals surface area contributed by atoms with E-state index in [2.05, 4.69) is 15.4 Å². The molecule has 0 saturated heterocycles. The molecule has 0 aliphatic rings. The van der Waals surface area contributed by atoms with Gasteiger partial charge >= 0.3 is 18.0 Å². The minimum Gasteiger partial charge on any atom is -0.365 e. The SMILES string of the molecule is Cc1c([N+](=O)[O-])c(C(F)(F)F)nn1CC(=O)Nc1c(C(N)=O)sc2nc(C(F)(F)F)cc(-c3ccc(F)cc3)c12. The third-order valence-corrected chi connectivity index (χ3v) is 6.61. The molecule has 0 saturated carbocycles. The molecular weight excluding hydrogens is 577 g/mol. The molecule has 0 aliphatic heterocycles. The van der Waals surface area contributed by atoms with E-state index >= 15 is 0 Å². The zero-order valence-electron chi connectivity index (χ0n) is 19.6. The van der Waals surface area contributed by atoms with Crippen LogP contribution in [0, 0.1) is 22.9 Å². The number of primary amides is 1. The first kappa shape index (κ1) is 28.4. The second-order valence-corrected chi connectivity index (χ2v) is 9.15. The molecule has 1 aromatic carbocycles. The van der Waals surface area contributed by atoms with Crippen molar-refractivity contribution in [2.75, 3.05) is 5.32 Å². The molecule has 210 valence electrons. The van der Waals surface area contributed by atoms with Gasteiger partial charge < -0.3 is 11.1 Å². The summed E-state index contributed by atoms with van der Waals surface area (Å²) >= 11 is 0.405. The molecule has 40 heavy (non-hydrogen) atoms. The van der Waals surface area contributed by atoms with Gasteiger partial charge in [-0.1, -0.05) is 12.1 Å². The molecule has 0 unspecified atom stereocenters. The number of benzene rings is 1. The van der Waals surface area contributed by atoms with Gasteiger partial charge in [-0.05, 0) is 36.2 Å². The zero-order chi connectivity index (χ0) is 29.7. The summed E-state index contributed by atoms with van der Waals surface area (Å²) in [7, 11) is 0. The first-order valence-electron chi connectivity index (χ1n) is 10.7. The van der Waals surface area contributed by atoms with Crippen molar-refractivity contribution in [2.24, 2.45) is 5.73 Å². The predicted octanol–water partition coefficient (Wildman–Crippen LogP) is 5.29. The van der Waals surface area contributed by atoms with Crippen molar-refractivity contribution in [2.45, 2.75) is 25.8 Å². The summed E-state index contributed by atoms with van der Waals surface area (Å²) in [6, 6.07) is 4.81. The van der Waals surface area contributed by atoms with Crippen molar-refractivity contribution in [3.05, 3.63) is 68.2 Å². The number of amides is 2. The molecule has 3 aromatic heterocycles. The van der Waals surface area contributed by atoms with Crippen LogP contribution in [0.2, 0.25) is 0 Å². The number of nitro groups is 1. The normalized spacial score (nSPS) is 12.1. The molecule has 4 rings (SSSR count). The number of rotatable bonds is 6. The Hall–Kier alpha value is -4.61. The maximum atomic E-state index is 13.6. The van der Waals surface area contributed by atoms with Gasteiger partial charge in [0, 0.05) is 5.39 Å². The molecule has 0 radical (unpaired) electrons. The van der Waals surface area contributed by atoms with Gasteiger partial charge in [0.25, 0.3) is 5.91 Å². The van der Waals surface area contributed by atoms with Crippen molar-refractivity contribution in [3.8, 4) is 11.1 Å². The molecule has 2 amide bonds. The van der Waals surface area contributed by atoms with Crippen molar-refractivity contribution in [1.82, 2.24) is 14.8 Å². The molecule has 10 nitrogen and oxygen atoms in total. The third-order valence-electron chi connectivity index (χ3n) is 5.52. The minimum absolute atomic E-state index is 0.0389. The van der Waals surface area contributed by atoms with E-state index in [4.69, 9.17) is 5.73 Å². The fourth-order valence-electron chi connectivity index (χ4n) is 3.81. The zero-order valence-corrected chi connectivity index (χ0v) is 20.5. The van der Waals surface area contributed by atoms with Gasteiger partial charge in [0.1, 0.15) is 33.5 Å². The van der Waals surface area contributed by atoms with Crippen LogP contribution in [0.5, 0.6) is 0 Å². The lowest BCUT2D eigenvalue weighted by molar-refractivity contribution is -0.388. The number of pyridine rings is 1. The number of anilines is 1. The van der Waals surface area contributed by atoms with E-state index in [9.17, 15) is 50.4 Å².